The number of halogens is 1. The monoisotopic (exact) mass is 370 g/mol. The van der Waals surface area contributed by atoms with Gasteiger partial charge in [0.1, 0.15) is 18.2 Å². The van der Waals surface area contributed by atoms with Crippen LogP contribution in [0.4, 0.5) is 10.1 Å². The van der Waals surface area contributed by atoms with E-state index in [0.717, 1.165) is 11.3 Å². The first-order chi connectivity index (χ1) is 13.0. The molecule has 140 valence electrons. The number of hydrogen-bond donors (Lipinski definition) is 1. The molecule has 6 nitrogen and oxygen atoms in total. The molecule has 0 unspecified atom stereocenters. The quantitative estimate of drug-likeness (QED) is 0.701. The lowest BCUT2D eigenvalue weighted by atomic mass is 10.1. The third-order valence-corrected chi connectivity index (χ3v) is 4.06. The maximum absolute atomic E-state index is 13.3. The van der Waals surface area contributed by atoms with Crippen molar-refractivity contribution in [3.63, 3.8) is 0 Å². The first-order valence-corrected chi connectivity index (χ1v) is 8.27. The van der Waals surface area contributed by atoms with Gasteiger partial charge in [-0.15, -0.1) is 0 Å². The smallest absolute Gasteiger partial charge is 0.255 e. The maximum Gasteiger partial charge on any atom is 0.255 e. The summed E-state index contributed by atoms with van der Waals surface area (Å²) in [4.78, 5) is 12.4. The fraction of sp³-hybridized carbons (Fsp3) is 0.200. The molecular formula is C20H19FN2O4. The van der Waals surface area contributed by atoms with Gasteiger partial charge in [0.2, 0.25) is 0 Å². The molecule has 0 spiro atoms. The van der Waals surface area contributed by atoms with Crippen LogP contribution in [0.3, 0.4) is 0 Å². The molecule has 0 aliphatic carbocycles. The highest BCUT2D eigenvalue weighted by Crippen LogP contribution is 2.30. The zero-order valence-electron chi connectivity index (χ0n) is 15.2. The minimum absolute atomic E-state index is 0.270. The Labute approximate surface area is 155 Å². The van der Waals surface area contributed by atoms with Crippen LogP contribution in [0.2, 0.25) is 0 Å². The van der Waals surface area contributed by atoms with Crippen molar-refractivity contribution in [2.45, 2.75) is 20.5 Å². The highest BCUT2D eigenvalue weighted by atomic mass is 19.1. The number of carbonyl (C=O) groups excluding carboxylic acids is 1. The molecule has 0 bridgehead atoms. The summed E-state index contributed by atoms with van der Waals surface area (Å²) >= 11 is 0. The van der Waals surface area contributed by atoms with E-state index >= 15 is 0 Å². The molecule has 0 aliphatic heterocycles. The summed E-state index contributed by atoms with van der Waals surface area (Å²) in [5, 5.41) is 6.53. The number of amides is 1. The number of rotatable bonds is 6. The van der Waals surface area contributed by atoms with Gasteiger partial charge in [-0.25, -0.2) is 4.39 Å². The Morgan fingerprint density at radius 2 is 2.00 bits per heavy atom. The second kappa shape index (κ2) is 7.90. The van der Waals surface area contributed by atoms with Crippen LogP contribution in [0.1, 0.15) is 27.4 Å². The normalized spacial score (nSPS) is 10.5. The van der Waals surface area contributed by atoms with Crippen LogP contribution < -0.4 is 14.8 Å². The SMILES string of the molecule is COc1cc(C(=O)Nc2cccc(F)c2)ccc1OCc1c(C)noc1C. The third kappa shape index (κ3) is 4.25. The molecule has 0 saturated heterocycles. The third-order valence-electron chi connectivity index (χ3n) is 4.06. The minimum atomic E-state index is -0.423. The van der Waals surface area contributed by atoms with E-state index in [1.807, 2.05) is 13.8 Å². The number of nitrogens with zero attached hydrogens (tertiary/aromatic N) is 1. The van der Waals surface area contributed by atoms with Crippen molar-refractivity contribution in [2.75, 3.05) is 12.4 Å². The van der Waals surface area contributed by atoms with Crippen molar-refractivity contribution < 1.29 is 23.2 Å². The van der Waals surface area contributed by atoms with Crippen LogP contribution >= 0.6 is 0 Å². The number of ether oxygens (including phenoxy) is 2. The van der Waals surface area contributed by atoms with Crippen molar-refractivity contribution in [2.24, 2.45) is 0 Å². The van der Waals surface area contributed by atoms with E-state index in [9.17, 15) is 9.18 Å². The molecule has 0 aliphatic rings. The average molecular weight is 370 g/mol. The Hall–Kier alpha value is -3.35. The van der Waals surface area contributed by atoms with E-state index in [1.165, 1.54) is 25.3 Å². The molecule has 1 N–H and O–H groups in total. The summed E-state index contributed by atoms with van der Waals surface area (Å²) in [6.07, 6.45) is 0. The predicted octanol–water partition coefficient (Wildman–Crippen LogP) is 4.27. The standard InChI is InChI=1S/C20H19FN2O4/c1-12-17(13(2)27-23-12)11-26-18-8-7-14(9-19(18)25-3)20(24)22-16-6-4-5-15(21)10-16/h4-10H,11H2,1-3H3,(H,22,24). The highest BCUT2D eigenvalue weighted by Gasteiger charge is 2.14. The molecule has 0 fully saturated rings. The second-order valence-electron chi connectivity index (χ2n) is 5.92. The molecule has 1 aromatic heterocycles. The first-order valence-electron chi connectivity index (χ1n) is 8.27. The van der Waals surface area contributed by atoms with E-state index in [0.29, 0.717) is 28.5 Å². The van der Waals surface area contributed by atoms with Crippen molar-refractivity contribution in [3.8, 4) is 11.5 Å². The molecule has 7 heteroatoms. The Bertz CT molecular complexity index is 949. The largest absolute Gasteiger partial charge is 0.493 e. The molecular weight excluding hydrogens is 351 g/mol. The predicted molar refractivity (Wildman–Crippen MR) is 97.7 cm³/mol. The molecule has 3 aromatic rings. The van der Waals surface area contributed by atoms with E-state index in [1.54, 1.807) is 24.3 Å². The van der Waals surface area contributed by atoms with Crippen molar-refractivity contribution in [1.82, 2.24) is 5.16 Å². The molecule has 1 amide bonds. The number of nitrogens with one attached hydrogen (secondary N) is 1. The lowest BCUT2D eigenvalue weighted by Gasteiger charge is -2.12. The summed E-state index contributed by atoms with van der Waals surface area (Å²) in [6, 6.07) is 10.5. The lowest BCUT2D eigenvalue weighted by molar-refractivity contribution is 0.102. The van der Waals surface area contributed by atoms with Crippen LogP contribution in [0.25, 0.3) is 0 Å². The van der Waals surface area contributed by atoms with Gasteiger partial charge in [0.05, 0.1) is 18.4 Å². The Balaban J connectivity index is 1.74. The summed E-state index contributed by atoms with van der Waals surface area (Å²) < 4.78 is 29.5. The summed E-state index contributed by atoms with van der Waals surface area (Å²) in [6.45, 7) is 3.93. The number of anilines is 1. The average Bonchev–Trinajstić information content (AvgIpc) is 2.97. The molecule has 27 heavy (non-hydrogen) atoms. The number of hydrogen-bond acceptors (Lipinski definition) is 5. The fourth-order valence-electron chi connectivity index (χ4n) is 2.56. The first kappa shape index (κ1) is 18.4. The molecule has 0 atom stereocenters. The molecule has 3 rings (SSSR count). The van der Waals surface area contributed by atoms with Gasteiger partial charge in [-0.2, -0.15) is 0 Å². The van der Waals surface area contributed by atoms with Gasteiger partial charge in [-0.1, -0.05) is 11.2 Å². The van der Waals surface area contributed by atoms with E-state index in [4.69, 9.17) is 14.0 Å². The number of aromatic nitrogens is 1. The van der Waals surface area contributed by atoms with Gasteiger partial charge in [0.25, 0.3) is 5.91 Å². The Morgan fingerprint density at radius 3 is 2.67 bits per heavy atom. The fourth-order valence-corrected chi connectivity index (χ4v) is 2.56. The molecule has 0 radical (unpaired) electrons. The van der Waals surface area contributed by atoms with E-state index in [2.05, 4.69) is 10.5 Å². The van der Waals surface area contributed by atoms with Gasteiger partial charge in [0, 0.05) is 11.3 Å². The maximum atomic E-state index is 13.3. The summed E-state index contributed by atoms with van der Waals surface area (Å²) in [7, 11) is 1.49. The van der Waals surface area contributed by atoms with E-state index < -0.39 is 5.82 Å². The summed E-state index contributed by atoms with van der Waals surface area (Å²) in [5.41, 5.74) is 2.36. The molecule has 0 saturated carbocycles. The second-order valence-corrected chi connectivity index (χ2v) is 5.92. The zero-order chi connectivity index (χ0) is 19.4. The molecule has 1 heterocycles. The van der Waals surface area contributed by atoms with Crippen LogP contribution in [-0.4, -0.2) is 18.2 Å². The molecule has 2 aromatic carbocycles. The minimum Gasteiger partial charge on any atom is -0.493 e. The van der Waals surface area contributed by atoms with E-state index in [-0.39, 0.29) is 12.5 Å². The van der Waals surface area contributed by atoms with Gasteiger partial charge < -0.3 is 19.3 Å². The van der Waals surface area contributed by atoms with Gasteiger partial charge in [0.15, 0.2) is 11.5 Å². The summed E-state index contributed by atoms with van der Waals surface area (Å²) in [5.74, 6) is 0.788. The Kier molecular flexibility index (Phi) is 5.40. The van der Waals surface area contributed by atoms with Crippen LogP contribution in [0.5, 0.6) is 11.5 Å². The highest BCUT2D eigenvalue weighted by molar-refractivity contribution is 6.04. The van der Waals surface area contributed by atoms with Crippen LogP contribution in [-0.2, 0) is 6.61 Å². The van der Waals surface area contributed by atoms with Crippen molar-refractivity contribution in [3.05, 3.63) is 70.9 Å². The number of methoxy groups -OCH3 is 1. The van der Waals surface area contributed by atoms with Gasteiger partial charge in [-0.05, 0) is 50.2 Å². The van der Waals surface area contributed by atoms with Crippen molar-refractivity contribution in [1.29, 1.82) is 0 Å². The topological polar surface area (TPSA) is 73.6 Å². The van der Waals surface area contributed by atoms with Crippen molar-refractivity contribution >= 4 is 11.6 Å². The lowest BCUT2D eigenvalue weighted by Crippen LogP contribution is -2.12. The number of benzene rings is 2. The van der Waals surface area contributed by atoms with Crippen LogP contribution in [0.15, 0.2) is 47.0 Å². The number of carbonyl (C=O) groups is 1. The van der Waals surface area contributed by atoms with Gasteiger partial charge >= 0.3 is 0 Å². The Morgan fingerprint density at radius 1 is 1.19 bits per heavy atom. The van der Waals surface area contributed by atoms with Crippen LogP contribution in [0, 0.1) is 19.7 Å². The zero-order valence-corrected chi connectivity index (χ0v) is 15.2. The van der Waals surface area contributed by atoms with Gasteiger partial charge in [-0.3, -0.25) is 4.79 Å². The number of aryl methyl sites for hydroxylation is 2.